The van der Waals surface area contributed by atoms with Gasteiger partial charge in [0.15, 0.2) is 0 Å². The molecule has 3 unspecified atom stereocenters. The van der Waals surface area contributed by atoms with Gasteiger partial charge in [-0.15, -0.1) is 0 Å². The molecule has 0 bridgehead atoms. The van der Waals surface area contributed by atoms with Crippen LogP contribution in [0, 0.1) is 24.6 Å². The Bertz CT molecular complexity index is 805. The number of aromatic nitrogens is 2. The van der Waals surface area contributed by atoms with Gasteiger partial charge in [-0.2, -0.15) is 5.10 Å². The summed E-state index contributed by atoms with van der Waals surface area (Å²) in [6, 6.07) is 6.56. The number of aliphatic hydroxyl groups is 1. The van der Waals surface area contributed by atoms with Crippen LogP contribution in [0.5, 0.6) is 0 Å². The second kappa shape index (κ2) is 7.36. The molecule has 2 heterocycles. The van der Waals surface area contributed by atoms with Crippen molar-refractivity contribution in [1.29, 1.82) is 0 Å². The van der Waals surface area contributed by atoms with Crippen molar-refractivity contribution in [2.75, 3.05) is 13.1 Å². The normalized spacial score (nSPS) is 28.4. The zero-order valence-corrected chi connectivity index (χ0v) is 16.4. The molecule has 2 aromatic rings. The van der Waals surface area contributed by atoms with Crippen LogP contribution in [-0.4, -0.2) is 32.9 Å². The van der Waals surface area contributed by atoms with Gasteiger partial charge in [-0.1, -0.05) is 19.1 Å². The largest absolute Gasteiger partial charge is 0.385 e. The van der Waals surface area contributed by atoms with Gasteiger partial charge in [0, 0.05) is 43.4 Å². The molecule has 1 aromatic carbocycles. The van der Waals surface area contributed by atoms with Crippen LogP contribution < -0.4 is 0 Å². The van der Waals surface area contributed by atoms with E-state index >= 15 is 0 Å². The smallest absolute Gasteiger partial charge is 0.123 e. The predicted molar refractivity (Wildman–Crippen MR) is 104 cm³/mol. The maximum absolute atomic E-state index is 13.8. The molecule has 1 aliphatic carbocycles. The summed E-state index contributed by atoms with van der Waals surface area (Å²) in [6.07, 6.45) is 5.93. The molecule has 1 saturated heterocycles. The topological polar surface area (TPSA) is 41.3 Å². The third kappa shape index (κ3) is 3.43. The first-order chi connectivity index (χ1) is 13.0. The first kappa shape index (κ1) is 18.6. The zero-order chi connectivity index (χ0) is 19.0. The van der Waals surface area contributed by atoms with Crippen LogP contribution in [0.1, 0.15) is 49.4 Å². The number of hydrogen-bond donors (Lipinski definition) is 1. The number of hydrogen-bond acceptors (Lipinski definition) is 3. The molecule has 0 spiro atoms. The van der Waals surface area contributed by atoms with Crippen LogP contribution in [0.4, 0.5) is 4.39 Å². The van der Waals surface area contributed by atoms with E-state index in [4.69, 9.17) is 0 Å². The van der Waals surface area contributed by atoms with Gasteiger partial charge in [0.05, 0.1) is 11.8 Å². The van der Waals surface area contributed by atoms with Crippen molar-refractivity contribution in [1.82, 2.24) is 14.7 Å². The summed E-state index contributed by atoms with van der Waals surface area (Å²) in [5.41, 5.74) is 2.34. The number of rotatable bonds is 5. The molecule has 5 heteroatoms. The van der Waals surface area contributed by atoms with Crippen LogP contribution in [0.3, 0.4) is 0 Å². The molecule has 27 heavy (non-hydrogen) atoms. The Labute approximate surface area is 161 Å². The van der Waals surface area contributed by atoms with E-state index in [1.807, 2.05) is 12.3 Å². The Morgan fingerprint density at radius 3 is 2.96 bits per heavy atom. The van der Waals surface area contributed by atoms with Crippen LogP contribution in [0.15, 0.2) is 30.5 Å². The highest BCUT2D eigenvalue weighted by atomic mass is 19.1. The van der Waals surface area contributed by atoms with Crippen molar-refractivity contribution in [2.45, 2.75) is 58.2 Å². The predicted octanol–water partition coefficient (Wildman–Crippen LogP) is 3.86. The fourth-order valence-electron chi connectivity index (χ4n) is 5.18. The number of nitrogens with zero attached hydrogens (tertiary/aromatic N) is 3. The van der Waals surface area contributed by atoms with E-state index in [-0.39, 0.29) is 11.7 Å². The molecular weight excluding hydrogens is 341 g/mol. The lowest BCUT2D eigenvalue weighted by molar-refractivity contribution is -0.0650. The fourth-order valence-corrected chi connectivity index (χ4v) is 5.18. The molecule has 3 atom stereocenters. The Kier molecular flexibility index (Phi) is 5.08. The monoisotopic (exact) mass is 371 g/mol. The molecule has 146 valence electrons. The maximum atomic E-state index is 13.8. The molecule has 2 fully saturated rings. The number of likely N-dealkylation sites (tertiary alicyclic amines) is 1. The summed E-state index contributed by atoms with van der Waals surface area (Å²) in [5.74, 6) is 0.369. The van der Waals surface area contributed by atoms with E-state index in [2.05, 4.69) is 28.5 Å². The van der Waals surface area contributed by atoms with Crippen molar-refractivity contribution in [3.05, 3.63) is 53.1 Å². The van der Waals surface area contributed by atoms with Crippen LogP contribution in [0.25, 0.3) is 0 Å². The zero-order valence-electron chi connectivity index (χ0n) is 16.4. The van der Waals surface area contributed by atoms with Crippen LogP contribution >= 0.6 is 0 Å². The van der Waals surface area contributed by atoms with Gasteiger partial charge < -0.3 is 5.11 Å². The molecule has 1 aromatic heterocycles. The molecular formula is C22H30FN3O. The number of fused-ring (bicyclic) bond motifs is 1. The summed E-state index contributed by atoms with van der Waals surface area (Å²) in [6.45, 7) is 8.00. The Balaban J connectivity index is 1.53. The molecule has 0 radical (unpaired) electrons. The van der Waals surface area contributed by atoms with Gasteiger partial charge in [-0.25, -0.2) is 4.39 Å². The van der Waals surface area contributed by atoms with Crippen molar-refractivity contribution >= 4 is 0 Å². The summed E-state index contributed by atoms with van der Waals surface area (Å²) in [5, 5.41) is 16.1. The second-order valence-corrected chi connectivity index (χ2v) is 8.37. The molecule has 1 saturated carbocycles. The Morgan fingerprint density at radius 1 is 1.33 bits per heavy atom. The van der Waals surface area contributed by atoms with Crippen molar-refractivity contribution in [3.8, 4) is 0 Å². The van der Waals surface area contributed by atoms with E-state index in [1.165, 1.54) is 23.4 Å². The first-order valence-corrected chi connectivity index (χ1v) is 10.2. The van der Waals surface area contributed by atoms with E-state index in [0.717, 1.165) is 57.4 Å². The lowest BCUT2D eigenvalue weighted by Crippen LogP contribution is -2.42. The van der Waals surface area contributed by atoms with E-state index in [9.17, 15) is 9.50 Å². The molecule has 1 aliphatic heterocycles. The minimum absolute atomic E-state index is 0.166. The van der Waals surface area contributed by atoms with Gasteiger partial charge in [0.1, 0.15) is 5.82 Å². The van der Waals surface area contributed by atoms with Crippen molar-refractivity contribution < 1.29 is 9.50 Å². The van der Waals surface area contributed by atoms with E-state index in [1.54, 1.807) is 6.07 Å². The second-order valence-electron chi connectivity index (χ2n) is 8.37. The summed E-state index contributed by atoms with van der Waals surface area (Å²) < 4.78 is 15.9. The number of aryl methyl sites for hydroxylation is 1. The molecule has 2 aliphatic rings. The van der Waals surface area contributed by atoms with Crippen LogP contribution in [0.2, 0.25) is 0 Å². The lowest BCUT2D eigenvalue weighted by Gasteiger charge is -2.41. The van der Waals surface area contributed by atoms with Gasteiger partial charge >= 0.3 is 0 Å². The highest BCUT2D eigenvalue weighted by molar-refractivity contribution is 5.26. The molecule has 0 amide bonds. The third-order valence-corrected chi connectivity index (χ3v) is 6.62. The average Bonchev–Trinajstić information content (AvgIpc) is 3.22. The fraction of sp³-hybridized carbons (Fsp3) is 0.591. The van der Waals surface area contributed by atoms with Crippen molar-refractivity contribution in [3.63, 3.8) is 0 Å². The Morgan fingerprint density at radius 2 is 2.19 bits per heavy atom. The van der Waals surface area contributed by atoms with Gasteiger partial charge in [0.2, 0.25) is 0 Å². The first-order valence-electron chi connectivity index (χ1n) is 10.2. The minimum atomic E-state index is -0.915. The Hall–Kier alpha value is -1.72. The third-order valence-electron chi connectivity index (χ3n) is 6.62. The number of benzene rings is 1. The number of halogens is 1. The van der Waals surface area contributed by atoms with Crippen LogP contribution in [-0.2, 0) is 18.7 Å². The van der Waals surface area contributed by atoms with Gasteiger partial charge in [0.25, 0.3) is 0 Å². The summed E-state index contributed by atoms with van der Waals surface area (Å²) >= 11 is 0. The highest BCUT2D eigenvalue weighted by Gasteiger charge is 2.49. The lowest BCUT2D eigenvalue weighted by atomic mass is 9.67. The minimum Gasteiger partial charge on any atom is -0.385 e. The molecule has 4 rings (SSSR count). The van der Waals surface area contributed by atoms with Crippen molar-refractivity contribution in [2.24, 2.45) is 11.8 Å². The maximum Gasteiger partial charge on any atom is 0.123 e. The van der Waals surface area contributed by atoms with Gasteiger partial charge in [-0.3, -0.25) is 9.58 Å². The van der Waals surface area contributed by atoms with Gasteiger partial charge in [-0.05, 0) is 56.2 Å². The summed E-state index contributed by atoms with van der Waals surface area (Å²) in [4.78, 5) is 2.45. The molecule has 1 N–H and O–H groups in total. The quantitative estimate of drug-likeness (QED) is 0.868. The average molecular weight is 372 g/mol. The SMILES string of the molecule is CCCn1ncc(CN2CC3CCCC(O)(c4cccc(F)c4)C3C2)c1C. The van der Waals surface area contributed by atoms with E-state index < -0.39 is 5.60 Å². The van der Waals surface area contributed by atoms with E-state index in [0.29, 0.717) is 5.92 Å². The highest BCUT2D eigenvalue weighted by Crippen LogP contribution is 2.48. The standard InChI is InChI=1S/C22H30FN3O/c1-3-10-26-16(2)18(12-24-26)14-25-13-17-6-5-9-22(27,21(17)15-25)19-7-4-8-20(23)11-19/h4,7-8,11-12,17,21,27H,3,5-6,9-10,13-15H2,1-2H3. The summed E-state index contributed by atoms with van der Waals surface area (Å²) in [7, 11) is 0. The molecule has 4 nitrogen and oxygen atoms in total.